The molecule has 0 aromatic heterocycles. The molecule has 0 amide bonds. The van der Waals surface area contributed by atoms with Crippen molar-refractivity contribution in [3.05, 3.63) is 23.8 Å². The molecular formula is C13H24N6O4. The molecule has 0 radical (unpaired) electrons. The third kappa shape index (κ3) is 6.78. The average Bonchev–Trinajstić information content (AvgIpc) is 2.55. The van der Waals surface area contributed by atoms with E-state index in [-0.39, 0.29) is 17.1 Å². The topological polar surface area (TPSA) is 159 Å². The van der Waals surface area contributed by atoms with Gasteiger partial charge >= 0.3 is 5.97 Å². The predicted octanol–water partition coefficient (Wildman–Crippen LogP) is -2.01. The van der Waals surface area contributed by atoms with E-state index in [2.05, 4.69) is 16.4 Å². The molecule has 23 heavy (non-hydrogen) atoms. The molecule has 130 valence electrons. The Morgan fingerprint density at radius 1 is 0.870 bits per heavy atom. The summed E-state index contributed by atoms with van der Waals surface area (Å²) in [7, 11) is 0. The van der Waals surface area contributed by atoms with Gasteiger partial charge in [-0.25, -0.2) is 4.79 Å². The lowest BCUT2D eigenvalue weighted by Gasteiger charge is -2.15. The van der Waals surface area contributed by atoms with E-state index in [0.29, 0.717) is 39.3 Å². The van der Waals surface area contributed by atoms with Gasteiger partial charge in [-0.2, -0.15) is 16.4 Å². The van der Waals surface area contributed by atoms with E-state index in [9.17, 15) is 4.79 Å². The Kier molecular flexibility index (Phi) is 9.63. The predicted molar refractivity (Wildman–Crippen MR) is 84.3 cm³/mol. The van der Waals surface area contributed by atoms with Gasteiger partial charge in [-0.05, 0) is 12.1 Å². The summed E-state index contributed by atoms with van der Waals surface area (Å²) in [4.78, 5) is 27.8. The minimum absolute atomic E-state index is 0.103. The summed E-state index contributed by atoms with van der Waals surface area (Å²) >= 11 is 0. The normalized spacial score (nSPS) is 10.4. The summed E-state index contributed by atoms with van der Waals surface area (Å²) in [5.74, 6) is -0.191. The zero-order chi connectivity index (χ0) is 16.9. The van der Waals surface area contributed by atoms with Gasteiger partial charge in [-0.15, -0.1) is 0 Å². The maximum absolute atomic E-state index is 12.2. The van der Waals surface area contributed by atoms with Gasteiger partial charge < -0.3 is 31.7 Å². The van der Waals surface area contributed by atoms with Crippen LogP contribution in [0.15, 0.2) is 18.2 Å². The first kappa shape index (κ1) is 19.1. The molecular weight excluding hydrogens is 304 g/mol. The maximum atomic E-state index is 12.2. The Morgan fingerprint density at radius 2 is 1.35 bits per heavy atom. The third-order valence-corrected chi connectivity index (χ3v) is 2.46. The number of carbonyl (C=O) groups is 1. The van der Waals surface area contributed by atoms with Crippen molar-refractivity contribution in [2.45, 2.75) is 0 Å². The number of benzene rings is 1. The molecule has 0 saturated heterocycles. The molecule has 0 aliphatic rings. The van der Waals surface area contributed by atoms with Crippen LogP contribution in [0.2, 0.25) is 0 Å². The highest BCUT2D eigenvalue weighted by Gasteiger charge is 2.21. The van der Waals surface area contributed by atoms with Crippen molar-refractivity contribution in [1.82, 2.24) is 16.4 Å². The summed E-state index contributed by atoms with van der Waals surface area (Å²) in [5, 5.41) is 0. The van der Waals surface area contributed by atoms with Gasteiger partial charge in [-0.3, -0.25) is 0 Å². The van der Waals surface area contributed by atoms with Crippen molar-refractivity contribution >= 4 is 5.97 Å². The molecule has 0 bridgehead atoms. The van der Waals surface area contributed by atoms with E-state index in [1.807, 2.05) is 0 Å². The second-order valence-electron chi connectivity index (χ2n) is 4.27. The van der Waals surface area contributed by atoms with Crippen LogP contribution in [-0.4, -0.2) is 45.2 Å². The van der Waals surface area contributed by atoms with E-state index in [4.69, 9.17) is 31.7 Å². The molecule has 1 rings (SSSR count). The lowest BCUT2D eigenvalue weighted by Crippen LogP contribution is -2.30. The smallest absolute Gasteiger partial charge is 0.364 e. The van der Waals surface area contributed by atoms with Crippen molar-refractivity contribution in [3.63, 3.8) is 0 Å². The summed E-state index contributed by atoms with van der Waals surface area (Å²) < 4.78 is 0. The van der Waals surface area contributed by atoms with Gasteiger partial charge in [0.25, 0.3) is 0 Å². The van der Waals surface area contributed by atoms with Crippen molar-refractivity contribution in [3.8, 4) is 11.5 Å². The molecule has 10 nitrogen and oxygen atoms in total. The number of hydrogen-bond acceptors (Lipinski definition) is 10. The number of carbonyl (C=O) groups excluding carboxylic acids is 1. The average molecular weight is 328 g/mol. The van der Waals surface area contributed by atoms with Crippen molar-refractivity contribution < 1.29 is 19.3 Å². The molecule has 0 saturated carbocycles. The van der Waals surface area contributed by atoms with E-state index in [1.54, 1.807) is 18.2 Å². The third-order valence-electron chi connectivity index (χ3n) is 2.46. The molecule has 0 atom stereocenters. The maximum Gasteiger partial charge on any atom is 0.364 e. The summed E-state index contributed by atoms with van der Waals surface area (Å²) in [6.45, 7) is 2.23. The Balaban J connectivity index is 2.89. The van der Waals surface area contributed by atoms with Crippen LogP contribution in [0, 0.1) is 0 Å². The number of hydroxylamine groups is 3. The monoisotopic (exact) mass is 328 g/mol. The Morgan fingerprint density at radius 3 is 1.83 bits per heavy atom. The fourth-order valence-corrected chi connectivity index (χ4v) is 1.48. The second kappa shape index (κ2) is 11.6. The van der Waals surface area contributed by atoms with Gasteiger partial charge in [0.05, 0.1) is 0 Å². The van der Waals surface area contributed by atoms with Crippen LogP contribution >= 0.6 is 0 Å². The van der Waals surface area contributed by atoms with Gasteiger partial charge in [0.1, 0.15) is 0 Å². The molecule has 0 unspecified atom stereocenters. The molecule has 1 aromatic carbocycles. The van der Waals surface area contributed by atoms with E-state index in [0.717, 1.165) is 0 Å². The number of nitrogens with two attached hydrogens (primary N) is 3. The van der Waals surface area contributed by atoms with Gasteiger partial charge in [0, 0.05) is 39.3 Å². The van der Waals surface area contributed by atoms with Crippen molar-refractivity contribution in [2.75, 3.05) is 39.3 Å². The molecule has 9 N–H and O–H groups in total. The minimum atomic E-state index is -0.673. The van der Waals surface area contributed by atoms with Crippen molar-refractivity contribution in [1.29, 1.82) is 0 Å². The first-order valence-electron chi connectivity index (χ1n) is 7.21. The fraction of sp³-hybridized carbons (Fsp3) is 0.462. The van der Waals surface area contributed by atoms with E-state index >= 15 is 0 Å². The summed E-state index contributed by atoms with van der Waals surface area (Å²) in [5.41, 5.74) is 23.9. The van der Waals surface area contributed by atoms with Crippen LogP contribution in [0.4, 0.5) is 0 Å². The standard InChI is InChI=1S/C13H24N6O4/c14-4-7-17-21-10-2-1-3-11(22-18-8-5-15)12(10)13(20)23-19-9-6-16/h1-3,17-19H,4-9,14-16H2. The van der Waals surface area contributed by atoms with Crippen LogP contribution in [0.5, 0.6) is 11.5 Å². The Bertz CT molecular complexity index is 446. The SMILES string of the molecule is NCCNOC(=O)c1c(ONCCN)cccc1ONCCN. The van der Waals surface area contributed by atoms with Crippen molar-refractivity contribution in [2.24, 2.45) is 17.2 Å². The number of nitrogens with one attached hydrogen (secondary N) is 3. The zero-order valence-corrected chi connectivity index (χ0v) is 12.8. The molecule has 10 heteroatoms. The van der Waals surface area contributed by atoms with E-state index < -0.39 is 5.97 Å². The first-order chi connectivity index (χ1) is 11.2. The molecule has 0 fully saturated rings. The zero-order valence-electron chi connectivity index (χ0n) is 12.8. The second-order valence-corrected chi connectivity index (χ2v) is 4.27. The van der Waals surface area contributed by atoms with Crippen LogP contribution in [0.3, 0.4) is 0 Å². The highest BCUT2D eigenvalue weighted by Crippen LogP contribution is 2.28. The number of hydrogen-bond donors (Lipinski definition) is 6. The summed E-state index contributed by atoms with van der Waals surface area (Å²) in [6, 6.07) is 4.86. The Labute approximate surface area is 134 Å². The van der Waals surface area contributed by atoms with Crippen LogP contribution in [0.25, 0.3) is 0 Å². The van der Waals surface area contributed by atoms with Gasteiger partial charge in [-0.1, -0.05) is 6.07 Å². The molecule has 0 spiro atoms. The quantitative estimate of drug-likeness (QED) is 0.187. The molecule has 0 heterocycles. The highest BCUT2D eigenvalue weighted by atomic mass is 16.7. The fourth-order valence-electron chi connectivity index (χ4n) is 1.48. The molecule has 0 aliphatic heterocycles. The highest BCUT2D eigenvalue weighted by molar-refractivity contribution is 5.95. The van der Waals surface area contributed by atoms with Gasteiger partial charge in [0.15, 0.2) is 17.1 Å². The number of rotatable bonds is 12. The van der Waals surface area contributed by atoms with Gasteiger partial charge in [0.2, 0.25) is 0 Å². The minimum Gasteiger partial charge on any atom is -0.408 e. The van der Waals surface area contributed by atoms with E-state index in [1.165, 1.54) is 0 Å². The Hall–Kier alpha value is -1.95. The summed E-state index contributed by atoms with van der Waals surface area (Å²) in [6.07, 6.45) is 0. The largest absolute Gasteiger partial charge is 0.408 e. The van der Waals surface area contributed by atoms with Crippen LogP contribution in [0.1, 0.15) is 10.4 Å². The molecule has 0 aliphatic carbocycles. The lowest BCUT2D eigenvalue weighted by molar-refractivity contribution is 0.0246. The van der Waals surface area contributed by atoms with Crippen LogP contribution in [-0.2, 0) is 4.84 Å². The molecule has 1 aromatic rings. The lowest BCUT2D eigenvalue weighted by atomic mass is 10.2. The first-order valence-corrected chi connectivity index (χ1v) is 7.21. The van der Waals surface area contributed by atoms with Crippen LogP contribution < -0.4 is 43.3 Å².